The van der Waals surface area contributed by atoms with Gasteiger partial charge in [-0.15, -0.1) is 0 Å². The highest BCUT2D eigenvalue weighted by atomic mass is 16.5. The Hall–Kier alpha value is -1.24. The van der Waals surface area contributed by atoms with Crippen LogP contribution in [-0.4, -0.2) is 60.7 Å². The predicted octanol–water partition coefficient (Wildman–Crippen LogP) is 1.50. The van der Waals surface area contributed by atoms with Crippen LogP contribution in [0.3, 0.4) is 0 Å². The van der Waals surface area contributed by atoms with E-state index in [1.165, 1.54) is 12.8 Å². The summed E-state index contributed by atoms with van der Waals surface area (Å²) in [5.41, 5.74) is 1.14. The third kappa shape index (κ3) is 4.68. The summed E-state index contributed by atoms with van der Waals surface area (Å²) in [6.45, 7) is 7.09. The van der Waals surface area contributed by atoms with E-state index in [0.717, 1.165) is 71.1 Å². The van der Waals surface area contributed by atoms with Crippen molar-refractivity contribution < 1.29 is 9.47 Å². The molecule has 138 valence electrons. The minimum absolute atomic E-state index is 0.0413. The van der Waals surface area contributed by atoms with Crippen molar-refractivity contribution in [1.82, 2.24) is 14.7 Å². The van der Waals surface area contributed by atoms with Crippen LogP contribution in [0, 0.1) is 11.8 Å². The van der Waals surface area contributed by atoms with Gasteiger partial charge in [0.05, 0.1) is 32.1 Å². The monoisotopic (exact) mass is 347 g/mol. The first-order valence-electron chi connectivity index (χ1n) is 9.74. The summed E-state index contributed by atoms with van der Waals surface area (Å²) < 4.78 is 12.9. The van der Waals surface area contributed by atoms with Gasteiger partial charge < -0.3 is 14.4 Å². The van der Waals surface area contributed by atoms with Crippen molar-refractivity contribution in [3.05, 3.63) is 28.2 Å². The van der Waals surface area contributed by atoms with Crippen molar-refractivity contribution in [3.8, 4) is 0 Å². The lowest BCUT2D eigenvalue weighted by molar-refractivity contribution is 0.0850. The Morgan fingerprint density at radius 3 is 2.36 bits per heavy atom. The molecule has 2 saturated heterocycles. The Morgan fingerprint density at radius 1 is 0.960 bits per heavy atom. The van der Waals surface area contributed by atoms with Gasteiger partial charge in [0.1, 0.15) is 0 Å². The minimum Gasteiger partial charge on any atom is -0.379 e. The van der Waals surface area contributed by atoms with E-state index < -0.39 is 0 Å². The molecule has 0 spiro atoms. The normalized spacial score (nSPS) is 24.3. The zero-order valence-corrected chi connectivity index (χ0v) is 14.9. The van der Waals surface area contributed by atoms with Crippen LogP contribution in [0.15, 0.2) is 16.9 Å². The highest BCUT2D eigenvalue weighted by Gasteiger charge is 2.27. The Labute approximate surface area is 149 Å². The molecule has 4 rings (SSSR count). The fourth-order valence-corrected chi connectivity index (χ4v) is 3.93. The molecule has 0 amide bonds. The summed E-state index contributed by atoms with van der Waals surface area (Å²) in [5.74, 6) is 1.63. The van der Waals surface area contributed by atoms with Crippen LogP contribution in [0.4, 0.5) is 0 Å². The average molecular weight is 347 g/mol. The first-order valence-corrected chi connectivity index (χ1v) is 9.74. The molecule has 3 aliphatic rings. The quantitative estimate of drug-likeness (QED) is 0.808. The van der Waals surface area contributed by atoms with E-state index in [0.29, 0.717) is 17.8 Å². The number of likely N-dealkylation sites (tertiary alicyclic amines) is 1. The van der Waals surface area contributed by atoms with Gasteiger partial charge in [-0.2, -0.15) is 5.10 Å². The van der Waals surface area contributed by atoms with Gasteiger partial charge in [0.2, 0.25) is 0 Å². The van der Waals surface area contributed by atoms with Gasteiger partial charge in [0.15, 0.2) is 0 Å². The zero-order valence-electron chi connectivity index (χ0n) is 14.9. The van der Waals surface area contributed by atoms with Crippen molar-refractivity contribution in [3.63, 3.8) is 0 Å². The molecule has 0 aromatic carbocycles. The summed E-state index contributed by atoms with van der Waals surface area (Å²) in [7, 11) is 0. The van der Waals surface area contributed by atoms with Gasteiger partial charge in [-0.1, -0.05) is 0 Å². The van der Waals surface area contributed by atoms with Crippen LogP contribution in [-0.2, 0) is 16.0 Å². The Bertz CT molecular complexity index is 613. The van der Waals surface area contributed by atoms with E-state index in [2.05, 4.69) is 10.00 Å². The lowest BCUT2D eigenvalue weighted by Crippen LogP contribution is -2.40. The summed E-state index contributed by atoms with van der Waals surface area (Å²) in [6.07, 6.45) is 4.71. The molecule has 0 unspecified atom stereocenters. The molecule has 6 heteroatoms. The summed E-state index contributed by atoms with van der Waals surface area (Å²) in [5, 5.41) is 4.61. The van der Waals surface area contributed by atoms with E-state index in [-0.39, 0.29) is 5.56 Å². The standard InChI is InChI=1S/C19H29N3O3/c23-19-4-3-18(17-1-2-17)20-22(19)12-15-5-7-21(8-6-15)11-16-13-24-9-10-25-14-16/h3-4,15-17H,1-2,5-14H2. The highest BCUT2D eigenvalue weighted by molar-refractivity contribution is 5.12. The molecule has 3 heterocycles. The molecule has 1 aromatic rings. The molecular formula is C19H29N3O3. The van der Waals surface area contributed by atoms with E-state index >= 15 is 0 Å². The molecule has 1 aliphatic carbocycles. The number of hydrogen-bond acceptors (Lipinski definition) is 5. The maximum absolute atomic E-state index is 12.1. The summed E-state index contributed by atoms with van der Waals surface area (Å²) in [6, 6.07) is 3.61. The second kappa shape index (κ2) is 7.98. The topological polar surface area (TPSA) is 56.6 Å². The van der Waals surface area contributed by atoms with E-state index in [4.69, 9.17) is 9.47 Å². The van der Waals surface area contributed by atoms with Gasteiger partial charge >= 0.3 is 0 Å². The van der Waals surface area contributed by atoms with Crippen molar-refractivity contribution in [2.45, 2.75) is 38.1 Å². The lowest BCUT2D eigenvalue weighted by atomic mass is 9.96. The fraction of sp³-hybridized carbons (Fsp3) is 0.789. The number of piperidine rings is 1. The second-order valence-corrected chi connectivity index (χ2v) is 7.81. The molecule has 6 nitrogen and oxygen atoms in total. The molecule has 25 heavy (non-hydrogen) atoms. The molecule has 3 fully saturated rings. The van der Waals surface area contributed by atoms with Gasteiger partial charge in [-0.05, 0) is 50.8 Å². The Balaban J connectivity index is 1.27. The number of nitrogens with zero attached hydrogens (tertiary/aromatic N) is 3. The largest absolute Gasteiger partial charge is 0.379 e. The molecule has 0 atom stereocenters. The van der Waals surface area contributed by atoms with Gasteiger partial charge in [-0.3, -0.25) is 4.79 Å². The molecular weight excluding hydrogens is 318 g/mol. The van der Waals surface area contributed by atoms with Crippen molar-refractivity contribution in [2.24, 2.45) is 11.8 Å². The van der Waals surface area contributed by atoms with Crippen LogP contribution in [0.5, 0.6) is 0 Å². The van der Waals surface area contributed by atoms with Crippen molar-refractivity contribution >= 4 is 0 Å². The Morgan fingerprint density at radius 2 is 1.68 bits per heavy atom. The van der Waals surface area contributed by atoms with Gasteiger partial charge in [-0.25, -0.2) is 4.68 Å². The summed E-state index contributed by atoms with van der Waals surface area (Å²) >= 11 is 0. The van der Waals surface area contributed by atoms with Crippen LogP contribution in [0.2, 0.25) is 0 Å². The number of ether oxygens (including phenoxy) is 2. The maximum atomic E-state index is 12.1. The molecule has 2 aliphatic heterocycles. The number of aromatic nitrogens is 2. The summed E-state index contributed by atoms with van der Waals surface area (Å²) in [4.78, 5) is 14.6. The SMILES string of the molecule is O=c1ccc(C2CC2)nn1CC1CCN(CC2COCCOC2)CC1. The second-order valence-electron chi connectivity index (χ2n) is 7.81. The van der Waals surface area contributed by atoms with Crippen LogP contribution in [0.25, 0.3) is 0 Å². The number of rotatable bonds is 5. The van der Waals surface area contributed by atoms with Gasteiger partial charge in [0.25, 0.3) is 5.56 Å². The average Bonchev–Trinajstić information content (AvgIpc) is 3.46. The van der Waals surface area contributed by atoms with E-state index in [1.54, 1.807) is 10.7 Å². The lowest BCUT2D eigenvalue weighted by Gasteiger charge is -2.33. The number of hydrogen-bond donors (Lipinski definition) is 0. The van der Waals surface area contributed by atoms with Crippen LogP contribution in [0.1, 0.15) is 37.3 Å². The van der Waals surface area contributed by atoms with E-state index in [1.807, 2.05) is 6.07 Å². The van der Waals surface area contributed by atoms with Crippen LogP contribution < -0.4 is 5.56 Å². The minimum atomic E-state index is 0.0413. The molecule has 1 aromatic heterocycles. The molecule has 0 N–H and O–H groups in total. The molecule has 0 bridgehead atoms. The predicted molar refractivity (Wildman–Crippen MR) is 94.8 cm³/mol. The highest BCUT2D eigenvalue weighted by Crippen LogP contribution is 2.38. The third-order valence-corrected chi connectivity index (χ3v) is 5.62. The first kappa shape index (κ1) is 17.2. The van der Waals surface area contributed by atoms with Crippen molar-refractivity contribution in [2.75, 3.05) is 46.1 Å². The zero-order chi connectivity index (χ0) is 17.1. The van der Waals surface area contributed by atoms with E-state index in [9.17, 15) is 4.79 Å². The van der Waals surface area contributed by atoms with Gasteiger partial charge in [0, 0.05) is 31.0 Å². The van der Waals surface area contributed by atoms with Crippen LogP contribution >= 0.6 is 0 Å². The van der Waals surface area contributed by atoms with Crippen molar-refractivity contribution in [1.29, 1.82) is 0 Å². The molecule has 0 radical (unpaired) electrons. The molecule has 1 saturated carbocycles. The fourth-order valence-electron chi connectivity index (χ4n) is 3.93. The Kier molecular flexibility index (Phi) is 5.48. The first-order chi connectivity index (χ1) is 12.3. The third-order valence-electron chi connectivity index (χ3n) is 5.62. The maximum Gasteiger partial charge on any atom is 0.266 e. The smallest absolute Gasteiger partial charge is 0.266 e.